The van der Waals surface area contributed by atoms with Gasteiger partial charge in [-0.15, -0.1) is 0 Å². The van der Waals surface area contributed by atoms with Crippen LogP contribution in [0.2, 0.25) is 0 Å². The molecule has 0 saturated carbocycles. The van der Waals surface area contributed by atoms with Crippen LogP contribution in [-0.4, -0.2) is 28.2 Å². The summed E-state index contributed by atoms with van der Waals surface area (Å²) in [5, 5.41) is 23.5. The lowest BCUT2D eigenvalue weighted by Gasteiger charge is -2.22. The smallest absolute Gasteiger partial charge is 0.325 e. The van der Waals surface area contributed by atoms with Gasteiger partial charge in [-0.05, 0) is 34.7 Å². The van der Waals surface area contributed by atoms with Crippen molar-refractivity contribution in [3.8, 4) is 0 Å². The van der Waals surface area contributed by atoms with Gasteiger partial charge in [-0.25, -0.2) is 0 Å². The predicted molar refractivity (Wildman–Crippen MR) is 88.3 cm³/mol. The molecular weight excluding hydrogens is 294 g/mol. The summed E-state index contributed by atoms with van der Waals surface area (Å²) in [5.41, 5.74) is 0.547. The number of nitrogens with one attached hydrogen (secondary N) is 1. The third kappa shape index (κ3) is 4.29. The molecule has 0 aliphatic carbocycles. The number of fused-ring (bicyclic) bond motifs is 1. The van der Waals surface area contributed by atoms with E-state index in [9.17, 15) is 19.8 Å². The largest absolute Gasteiger partial charge is 0.480 e. The van der Waals surface area contributed by atoms with Gasteiger partial charge in [0, 0.05) is 0 Å². The first-order valence-electron chi connectivity index (χ1n) is 7.59. The second-order valence-corrected chi connectivity index (χ2v) is 6.06. The second-order valence-electron chi connectivity index (χ2n) is 6.06. The molecule has 3 N–H and O–H groups in total. The molecule has 5 heteroatoms. The quantitative estimate of drug-likeness (QED) is 0.731. The topological polar surface area (TPSA) is 86.6 Å². The summed E-state index contributed by atoms with van der Waals surface area (Å²) in [4.78, 5) is 23.0. The fourth-order valence-corrected chi connectivity index (χ4v) is 2.61. The number of benzene rings is 2. The van der Waals surface area contributed by atoms with Gasteiger partial charge in [0.15, 0.2) is 0 Å². The van der Waals surface area contributed by atoms with Gasteiger partial charge in [0.1, 0.15) is 12.1 Å². The van der Waals surface area contributed by atoms with E-state index in [0.29, 0.717) is 12.0 Å². The average molecular weight is 315 g/mol. The van der Waals surface area contributed by atoms with E-state index in [4.69, 9.17) is 0 Å². The Morgan fingerprint density at radius 3 is 2.22 bits per heavy atom. The summed E-state index contributed by atoms with van der Waals surface area (Å²) < 4.78 is 0. The van der Waals surface area contributed by atoms with E-state index >= 15 is 0 Å². The number of hydrogen-bond acceptors (Lipinski definition) is 3. The van der Waals surface area contributed by atoms with Gasteiger partial charge in [0.25, 0.3) is 0 Å². The van der Waals surface area contributed by atoms with Gasteiger partial charge in [0.2, 0.25) is 0 Å². The number of aliphatic carboxylic acids is 2. The molecule has 0 saturated heterocycles. The van der Waals surface area contributed by atoms with Crippen molar-refractivity contribution in [2.24, 2.45) is 5.92 Å². The molecular formula is C18H21NO4. The number of hydrogen-bond donors (Lipinski definition) is 3. The molecule has 2 atom stereocenters. The molecule has 0 amide bonds. The van der Waals surface area contributed by atoms with E-state index in [1.165, 1.54) is 0 Å². The summed E-state index contributed by atoms with van der Waals surface area (Å²) in [6, 6.07) is 11.0. The van der Waals surface area contributed by atoms with E-state index < -0.39 is 24.0 Å². The second kappa shape index (κ2) is 7.24. The molecule has 0 aliphatic rings. The van der Waals surface area contributed by atoms with Gasteiger partial charge in [-0.2, -0.15) is 0 Å². The normalized spacial score (nSPS) is 13.9. The van der Waals surface area contributed by atoms with Crippen LogP contribution in [0.25, 0.3) is 10.8 Å². The van der Waals surface area contributed by atoms with Crippen LogP contribution >= 0.6 is 0 Å². The van der Waals surface area contributed by atoms with Gasteiger partial charge in [-0.1, -0.05) is 50.2 Å². The zero-order valence-electron chi connectivity index (χ0n) is 13.2. The maximum Gasteiger partial charge on any atom is 0.325 e. The van der Waals surface area contributed by atoms with Crippen LogP contribution in [0.1, 0.15) is 31.9 Å². The lowest BCUT2D eigenvalue weighted by Crippen LogP contribution is -2.42. The van der Waals surface area contributed by atoms with Gasteiger partial charge in [-0.3, -0.25) is 14.9 Å². The standard InChI is InChI=1S/C18H21NO4/c1-11(2)9-15(17(20)21)19-16(18(22)23)14-8-7-12-5-3-4-6-13(12)10-14/h3-8,10-11,15-16,19H,9H2,1-2H3,(H,20,21)(H,22,23)/t15-,16?/m0/s1. The highest BCUT2D eigenvalue weighted by atomic mass is 16.4. The first kappa shape index (κ1) is 17.0. The monoisotopic (exact) mass is 315 g/mol. The van der Waals surface area contributed by atoms with Crippen molar-refractivity contribution in [2.75, 3.05) is 0 Å². The van der Waals surface area contributed by atoms with Crippen LogP contribution < -0.4 is 5.32 Å². The van der Waals surface area contributed by atoms with Gasteiger partial charge < -0.3 is 10.2 Å². The molecule has 1 unspecified atom stereocenters. The number of carboxylic acids is 2. The summed E-state index contributed by atoms with van der Waals surface area (Å²) in [7, 11) is 0. The summed E-state index contributed by atoms with van der Waals surface area (Å²) in [6.07, 6.45) is 0.368. The zero-order valence-corrected chi connectivity index (χ0v) is 13.2. The van der Waals surface area contributed by atoms with Crippen LogP contribution in [0.3, 0.4) is 0 Å². The molecule has 2 rings (SSSR count). The predicted octanol–water partition coefficient (Wildman–Crippen LogP) is 3.05. The van der Waals surface area contributed by atoms with Crippen molar-refractivity contribution in [1.29, 1.82) is 0 Å². The SMILES string of the molecule is CC(C)C[C@H](NC(C(=O)O)c1ccc2ccccc2c1)C(=O)O. The van der Waals surface area contributed by atoms with Crippen molar-refractivity contribution >= 4 is 22.7 Å². The Morgan fingerprint density at radius 2 is 1.65 bits per heavy atom. The molecule has 2 aromatic rings. The Morgan fingerprint density at radius 1 is 1.00 bits per heavy atom. The van der Waals surface area contributed by atoms with Gasteiger partial charge in [0.05, 0.1) is 0 Å². The first-order chi connectivity index (χ1) is 10.9. The Hall–Kier alpha value is -2.40. The zero-order chi connectivity index (χ0) is 17.0. The molecule has 0 aromatic heterocycles. The molecule has 2 aromatic carbocycles. The van der Waals surface area contributed by atoms with E-state index in [1.807, 2.05) is 44.2 Å². The van der Waals surface area contributed by atoms with E-state index in [1.54, 1.807) is 12.1 Å². The molecule has 5 nitrogen and oxygen atoms in total. The Kier molecular flexibility index (Phi) is 5.34. The van der Waals surface area contributed by atoms with E-state index in [0.717, 1.165) is 10.8 Å². The maximum absolute atomic E-state index is 11.6. The fraction of sp³-hybridized carbons (Fsp3) is 0.333. The lowest BCUT2D eigenvalue weighted by atomic mass is 9.98. The van der Waals surface area contributed by atoms with Crippen molar-refractivity contribution in [1.82, 2.24) is 5.32 Å². The molecule has 122 valence electrons. The van der Waals surface area contributed by atoms with E-state index in [2.05, 4.69) is 5.32 Å². The highest BCUT2D eigenvalue weighted by molar-refractivity contribution is 5.85. The first-order valence-corrected chi connectivity index (χ1v) is 7.59. The van der Waals surface area contributed by atoms with Crippen LogP contribution in [0.4, 0.5) is 0 Å². The van der Waals surface area contributed by atoms with Crippen LogP contribution in [0, 0.1) is 5.92 Å². The van der Waals surface area contributed by atoms with E-state index in [-0.39, 0.29) is 5.92 Å². The Bertz CT molecular complexity index is 711. The molecule has 0 spiro atoms. The van der Waals surface area contributed by atoms with Crippen molar-refractivity contribution in [2.45, 2.75) is 32.4 Å². The maximum atomic E-state index is 11.6. The van der Waals surface area contributed by atoms with Crippen LogP contribution in [0.5, 0.6) is 0 Å². The summed E-state index contributed by atoms with van der Waals surface area (Å²) in [6.45, 7) is 3.81. The fourth-order valence-electron chi connectivity index (χ4n) is 2.61. The Labute approximate surface area is 134 Å². The van der Waals surface area contributed by atoms with Crippen molar-refractivity contribution < 1.29 is 19.8 Å². The summed E-state index contributed by atoms with van der Waals surface area (Å²) in [5.74, 6) is -1.98. The number of rotatable bonds is 7. The molecule has 23 heavy (non-hydrogen) atoms. The molecule has 0 radical (unpaired) electrons. The molecule has 0 bridgehead atoms. The van der Waals surface area contributed by atoms with Crippen molar-refractivity contribution in [3.05, 3.63) is 48.0 Å². The highest BCUT2D eigenvalue weighted by Gasteiger charge is 2.27. The van der Waals surface area contributed by atoms with Crippen molar-refractivity contribution in [3.63, 3.8) is 0 Å². The minimum absolute atomic E-state index is 0.148. The Balaban J connectivity index is 2.32. The number of carboxylic acid groups (broad SMARTS) is 2. The minimum atomic E-state index is -1.09. The third-order valence-corrected chi connectivity index (χ3v) is 3.73. The lowest BCUT2D eigenvalue weighted by molar-refractivity contribution is -0.143. The average Bonchev–Trinajstić information content (AvgIpc) is 2.50. The van der Waals surface area contributed by atoms with Crippen LogP contribution in [-0.2, 0) is 9.59 Å². The molecule has 0 aliphatic heterocycles. The highest BCUT2D eigenvalue weighted by Crippen LogP contribution is 2.22. The third-order valence-electron chi connectivity index (χ3n) is 3.73. The molecule has 0 fully saturated rings. The minimum Gasteiger partial charge on any atom is -0.480 e. The van der Waals surface area contributed by atoms with Crippen LogP contribution in [0.15, 0.2) is 42.5 Å². The van der Waals surface area contributed by atoms with Gasteiger partial charge >= 0.3 is 11.9 Å². The number of carbonyl (C=O) groups is 2. The summed E-state index contributed by atoms with van der Waals surface area (Å²) >= 11 is 0. The molecule has 0 heterocycles.